The summed E-state index contributed by atoms with van der Waals surface area (Å²) >= 11 is -1.04. The molecule has 0 saturated carbocycles. The number of alkyl halides is 2. The Kier molecular flexibility index (Phi) is 4.76. The molecule has 114 valence electrons. The van der Waals surface area contributed by atoms with Crippen molar-refractivity contribution in [2.45, 2.75) is 40.2 Å². The van der Waals surface area contributed by atoms with Crippen LogP contribution in [0, 0.1) is 5.92 Å². The maximum atomic E-state index is 12.0. The number of rotatable bonds is 2. The molecular weight excluding hydrogens is 367 g/mol. The Balaban J connectivity index is 1.96. The van der Waals surface area contributed by atoms with Gasteiger partial charge >= 0.3 is 129 Å². The Morgan fingerprint density at radius 3 is 2.70 bits per heavy atom. The second-order valence-corrected chi connectivity index (χ2v) is 12.4. The molecule has 20 heavy (non-hydrogen) atoms. The molecule has 1 fully saturated rings. The number of halogens is 1. The van der Waals surface area contributed by atoms with Crippen LogP contribution >= 0.6 is 19.8 Å². The third-order valence-corrected chi connectivity index (χ3v) is 9.99. The fourth-order valence-electron chi connectivity index (χ4n) is 2.47. The van der Waals surface area contributed by atoms with E-state index in [1.165, 1.54) is 14.6 Å². The van der Waals surface area contributed by atoms with Crippen LogP contribution in [0.15, 0.2) is 14.3 Å². The standard InChI is InChI=1S/C15H25IN2O2/c1-6-16-7-8-17-11(2)13(16)12-9-18(10-12)14(19)20-15(3,4)5/h8,12H,6-7,9-10H2,1-5H3. The zero-order valence-corrected chi connectivity index (χ0v) is 15.2. The van der Waals surface area contributed by atoms with Crippen LogP contribution in [0.3, 0.4) is 0 Å². The molecule has 0 aromatic rings. The maximum absolute atomic E-state index is 12.0. The minimum atomic E-state index is -1.04. The number of aliphatic imine (C=N–C) groups is 1. The predicted molar refractivity (Wildman–Crippen MR) is 91.9 cm³/mol. The zero-order chi connectivity index (χ0) is 14.9. The first-order chi connectivity index (χ1) is 9.31. The van der Waals surface area contributed by atoms with E-state index in [1.807, 2.05) is 25.7 Å². The van der Waals surface area contributed by atoms with Gasteiger partial charge in [0.2, 0.25) is 0 Å². The summed E-state index contributed by atoms with van der Waals surface area (Å²) < 4.78 is 9.51. The average Bonchev–Trinajstić information content (AvgIpc) is 2.26. The van der Waals surface area contributed by atoms with Gasteiger partial charge in [0.05, 0.1) is 0 Å². The van der Waals surface area contributed by atoms with Crippen molar-refractivity contribution in [3.05, 3.63) is 9.28 Å². The van der Waals surface area contributed by atoms with E-state index in [1.54, 1.807) is 3.58 Å². The topological polar surface area (TPSA) is 41.9 Å². The van der Waals surface area contributed by atoms with Crippen molar-refractivity contribution < 1.29 is 9.53 Å². The summed E-state index contributed by atoms with van der Waals surface area (Å²) in [5.41, 5.74) is 0.811. The van der Waals surface area contributed by atoms with Crippen molar-refractivity contribution in [2.24, 2.45) is 10.9 Å². The van der Waals surface area contributed by atoms with Crippen molar-refractivity contribution in [1.29, 1.82) is 0 Å². The van der Waals surface area contributed by atoms with Gasteiger partial charge in [0.1, 0.15) is 0 Å². The van der Waals surface area contributed by atoms with Crippen molar-refractivity contribution in [3.8, 4) is 0 Å². The van der Waals surface area contributed by atoms with Crippen LogP contribution in [0.2, 0.25) is 0 Å². The molecule has 0 bridgehead atoms. The van der Waals surface area contributed by atoms with E-state index in [4.69, 9.17) is 4.74 Å². The van der Waals surface area contributed by atoms with Gasteiger partial charge in [-0.1, -0.05) is 0 Å². The molecule has 2 aliphatic heterocycles. The van der Waals surface area contributed by atoms with E-state index in [0.717, 1.165) is 13.1 Å². The summed E-state index contributed by atoms with van der Waals surface area (Å²) in [6, 6.07) is 0. The van der Waals surface area contributed by atoms with Gasteiger partial charge in [-0.15, -0.1) is 0 Å². The number of nitrogens with zero attached hydrogens (tertiary/aromatic N) is 2. The SMILES string of the molecule is CCI1CC=NC(C)=C1C1CN(C(=O)OC(C)(C)C)C1. The second kappa shape index (κ2) is 6.03. The van der Waals surface area contributed by atoms with Crippen LogP contribution in [0.4, 0.5) is 4.79 Å². The van der Waals surface area contributed by atoms with Crippen LogP contribution in [0.1, 0.15) is 34.6 Å². The van der Waals surface area contributed by atoms with Gasteiger partial charge in [0.25, 0.3) is 0 Å². The Hall–Kier alpha value is -0.590. The molecule has 4 nitrogen and oxygen atoms in total. The number of hydrogen-bond donors (Lipinski definition) is 0. The van der Waals surface area contributed by atoms with Crippen molar-refractivity contribution >= 4 is 32.1 Å². The molecule has 0 aromatic carbocycles. The zero-order valence-electron chi connectivity index (χ0n) is 13.1. The molecule has 0 unspecified atom stereocenters. The molecule has 0 aliphatic carbocycles. The number of carbonyl (C=O) groups is 1. The van der Waals surface area contributed by atoms with E-state index in [-0.39, 0.29) is 6.09 Å². The van der Waals surface area contributed by atoms with Crippen LogP contribution in [0.25, 0.3) is 0 Å². The molecular formula is C15H25IN2O2. The van der Waals surface area contributed by atoms with Gasteiger partial charge in [-0.25, -0.2) is 0 Å². The molecule has 1 amide bonds. The third-order valence-electron chi connectivity index (χ3n) is 3.39. The fourth-order valence-corrected chi connectivity index (χ4v) is 7.95. The minimum absolute atomic E-state index is 0.178. The van der Waals surface area contributed by atoms with Gasteiger partial charge in [0.15, 0.2) is 0 Å². The summed E-state index contributed by atoms with van der Waals surface area (Å²) in [5.74, 6) is 0.533. The first kappa shape index (κ1) is 15.8. The summed E-state index contributed by atoms with van der Waals surface area (Å²) in [6.45, 7) is 11.8. The van der Waals surface area contributed by atoms with E-state index in [2.05, 4.69) is 25.1 Å². The number of ether oxygens (including phenoxy) is 1. The number of carbonyl (C=O) groups excluding carboxylic acids is 1. The molecule has 0 atom stereocenters. The van der Waals surface area contributed by atoms with Gasteiger partial charge in [-0.3, -0.25) is 0 Å². The normalized spacial score (nSPS) is 22.1. The molecule has 0 spiro atoms. The van der Waals surface area contributed by atoms with Crippen LogP contribution in [-0.2, 0) is 4.74 Å². The monoisotopic (exact) mass is 392 g/mol. The molecule has 2 aliphatic rings. The van der Waals surface area contributed by atoms with E-state index >= 15 is 0 Å². The number of allylic oxidation sites excluding steroid dienone is 1. The van der Waals surface area contributed by atoms with Crippen LogP contribution in [0.5, 0.6) is 0 Å². The molecule has 0 N–H and O–H groups in total. The van der Waals surface area contributed by atoms with E-state index < -0.39 is 25.4 Å². The first-order valence-corrected chi connectivity index (χ1v) is 11.3. The van der Waals surface area contributed by atoms with Gasteiger partial charge in [-0.05, 0) is 0 Å². The average molecular weight is 392 g/mol. The molecule has 5 heteroatoms. The Morgan fingerprint density at radius 2 is 2.15 bits per heavy atom. The summed E-state index contributed by atoms with van der Waals surface area (Å²) in [5, 5.41) is 0. The second-order valence-electron chi connectivity index (χ2n) is 6.21. The number of amides is 1. The van der Waals surface area contributed by atoms with Crippen LogP contribution < -0.4 is 0 Å². The number of likely N-dealkylation sites (tertiary alicyclic amines) is 1. The number of hydrogen-bond acceptors (Lipinski definition) is 3. The predicted octanol–water partition coefficient (Wildman–Crippen LogP) is 3.70. The van der Waals surface area contributed by atoms with Crippen LogP contribution in [-0.4, -0.2) is 44.8 Å². The van der Waals surface area contributed by atoms with E-state index in [9.17, 15) is 4.79 Å². The fraction of sp³-hybridized carbons (Fsp3) is 0.733. The molecule has 0 aromatic heterocycles. The molecule has 2 rings (SSSR count). The van der Waals surface area contributed by atoms with E-state index in [0.29, 0.717) is 5.92 Å². The third kappa shape index (κ3) is 3.54. The van der Waals surface area contributed by atoms with Crippen molar-refractivity contribution in [2.75, 3.05) is 21.9 Å². The molecule has 2 heterocycles. The summed E-state index contributed by atoms with van der Waals surface area (Å²) in [4.78, 5) is 18.3. The Morgan fingerprint density at radius 1 is 1.50 bits per heavy atom. The summed E-state index contributed by atoms with van der Waals surface area (Å²) in [7, 11) is 0. The van der Waals surface area contributed by atoms with Gasteiger partial charge in [0, 0.05) is 0 Å². The Bertz CT molecular complexity index is 445. The molecule has 1 saturated heterocycles. The summed E-state index contributed by atoms with van der Waals surface area (Å²) in [6.07, 6.45) is 1.92. The first-order valence-electron chi connectivity index (χ1n) is 7.14. The molecule has 0 radical (unpaired) electrons. The van der Waals surface area contributed by atoms with Gasteiger partial charge < -0.3 is 0 Å². The van der Waals surface area contributed by atoms with Crippen molar-refractivity contribution in [3.63, 3.8) is 0 Å². The van der Waals surface area contributed by atoms with Crippen molar-refractivity contribution in [1.82, 2.24) is 4.90 Å². The Labute approximate surface area is 129 Å². The quantitative estimate of drug-likeness (QED) is 0.531. The van der Waals surface area contributed by atoms with Gasteiger partial charge in [-0.2, -0.15) is 0 Å².